The van der Waals surface area contributed by atoms with E-state index in [2.05, 4.69) is 50.5 Å². The predicted octanol–water partition coefficient (Wildman–Crippen LogP) is 4.41. The summed E-state index contributed by atoms with van der Waals surface area (Å²) in [6.07, 6.45) is 11.7. The zero-order valence-electron chi connectivity index (χ0n) is 19.0. The van der Waals surface area contributed by atoms with E-state index < -0.39 is 0 Å². The van der Waals surface area contributed by atoms with Crippen molar-refractivity contribution < 1.29 is 5.11 Å². The number of hydrogen-bond donors (Lipinski definition) is 2. The minimum absolute atomic E-state index is 0.144. The molecule has 3 aliphatic carbocycles. The lowest BCUT2D eigenvalue weighted by molar-refractivity contribution is -0.00311. The number of nitrogens with zero attached hydrogens (tertiary/aromatic N) is 3. The van der Waals surface area contributed by atoms with E-state index in [0.29, 0.717) is 6.54 Å². The first-order valence-electron chi connectivity index (χ1n) is 12.7. The first-order chi connectivity index (χ1) is 15.7. The fourth-order valence-corrected chi connectivity index (χ4v) is 7.57. The molecule has 5 atom stereocenters. The minimum atomic E-state index is -0.278. The van der Waals surface area contributed by atoms with E-state index in [1.54, 1.807) is 6.33 Å². The van der Waals surface area contributed by atoms with Crippen LogP contribution in [0.2, 0.25) is 0 Å². The molecule has 0 amide bonds. The van der Waals surface area contributed by atoms with Crippen molar-refractivity contribution in [2.45, 2.75) is 70.6 Å². The zero-order chi connectivity index (χ0) is 21.5. The highest BCUT2D eigenvalue weighted by atomic mass is 16.3. The molecule has 2 aromatic rings. The third-order valence-corrected chi connectivity index (χ3v) is 9.03. The maximum atomic E-state index is 11.4. The molecule has 3 fully saturated rings. The monoisotopic (exact) mass is 432 g/mol. The SMILES string of the molecule is OC(CNc1ncnc2c1CCN(Cc1ccccc1)C2)C12CC3CCCC(C1)[C@H](C3)C2. The Kier molecular flexibility index (Phi) is 5.42. The van der Waals surface area contributed by atoms with Crippen LogP contribution in [0.25, 0.3) is 0 Å². The van der Waals surface area contributed by atoms with Gasteiger partial charge in [0, 0.05) is 31.7 Å². The molecular weight excluding hydrogens is 396 g/mol. The van der Waals surface area contributed by atoms with Crippen LogP contribution in [0.1, 0.15) is 61.8 Å². The fourth-order valence-electron chi connectivity index (χ4n) is 7.57. The van der Waals surface area contributed by atoms with Gasteiger partial charge in [-0.05, 0) is 60.8 Å². The van der Waals surface area contributed by atoms with Crippen molar-refractivity contribution in [1.29, 1.82) is 0 Å². The minimum Gasteiger partial charge on any atom is -0.391 e. The third kappa shape index (κ3) is 3.84. The molecule has 2 heterocycles. The molecule has 0 spiro atoms. The van der Waals surface area contributed by atoms with E-state index in [1.165, 1.54) is 56.1 Å². The second-order valence-corrected chi connectivity index (χ2v) is 11.0. The van der Waals surface area contributed by atoms with Gasteiger partial charge in [0.2, 0.25) is 0 Å². The molecule has 1 aromatic heterocycles. The highest BCUT2D eigenvalue weighted by Crippen LogP contribution is 2.61. The molecule has 3 bridgehead atoms. The van der Waals surface area contributed by atoms with Gasteiger partial charge in [-0.3, -0.25) is 4.90 Å². The van der Waals surface area contributed by atoms with E-state index in [0.717, 1.165) is 55.3 Å². The van der Waals surface area contributed by atoms with E-state index in [9.17, 15) is 5.11 Å². The summed E-state index contributed by atoms with van der Waals surface area (Å²) < 4.78 is 0. The standard InChI is InChI=1S/C27H36N4O/c32-25(27-12-20-7-4-8-21(13-27)22(11-20)14-27)15-28-26-23-9-10-31(17-24(23)29-18-30-26)16-19-5-2-1-3-6-19/h1-3,5-6,18,20-22,25,32H,4,7-17H2,(H,28,29,30)/t20?,21?,22-,25?,27?/m1/s1. The molecule has 4 aliphatic rings. The van der Waals surface area contributed by atoms with Gasteiger partial charge >= 0.3 is 0 Å². The van der Waals surface area contributed by atoms with Crippen LogP contribution < -0.4 is 5.32 Å². The molecule has 0 saturated heterocycles. The number of aromatic nitrogens is 2. The maximum absolute atomic E-state index is 11.4. The van der Waals surface area contributed by atoms with Crippen LogP contribution in [-0.4, -0.2) is 39.2 Å². The average molecular weight is 433 g/mol. The van der Waals surface area contributed by atoms with Gasteiger partial charge in [0.1, 0.15) is 12.1 Å². The van der Waals surface area contributed by atoms with Crippen molar-refractivity contribution in [2.24, 2.45) is 23.2 Å². The predicted molar refractivity (Wildman–Crippen MR) is 126 cm³/mol. The number of aliphatic hydroxyl groups excluding tert-OH is 1. The summed E-state index contributed by atoms with van der Waals surface area (Å²) in [7, 11) is 0. The van der Waals surface area contributed by atoms with Gasteiger partial charge in [-0.15, -0.1) is 0 Å². The number of rotatable bonds is 6. The van der Waals surface area contributed by atoms with E-state index in [4.69, 9.17) is 0 Å². The normalized spacial score (nSPS) is 32.3. The van der Waals surface area contributed by atoms with Crippen LogP contribution in [-0.2, 0) is 19.5 Å². The molecular formula is C27H36N4O. The number of nitrogens with one attached hydrogen (secondary N) is 1. The Morgan fingerprint density at radius 3 is 2.88 bits per heavy atom. The lowest BCUT2D eigenvalue weighted by atomic mass is 9.66. The Morgan fingerprint density at radius 2 is 1.97 bits per heavy atom. The molecule has 5 heteroatoms. The number of aliphatic hydroxyl groups is 1. The van der Waals surface area contributed by atoms with Crippen LogP contribution in [0.4, 0.5) is 5.82 Å². The first kappa shape index (κ1) is 20.6. The molecule has 32 heavy (non-hydrogen) atoms. The Morgan fingerprint density at radius 1 is 1.09 bits per heavy atom. The van der Waals surface area contributed by atoms with Crippen molar-refractivity contribution >= 4 is 5.82 Å². The number of anilines is 1. The average Bonchev–Trinajstić information content (AvgIpc) is 2.99. The summed E-state index contributed by atoms with van der Waals surface area (Å²) in [5.74, 6) is 3.52. The third-order valence-electron chi connectivity index (χ3n) is 9.03. The van der Waals surface area contributed by atoms with Crippen LogP contribution in [0.15, 0.2) is 36.7 Å². The summed E-state index contributed by atoms with van der Waals surface area (Å²) in [5, 5.41) is 14.9. The highest BCUT2D eigenvalue weighted by molar-refractivity contribution is 5.47. The van der Waals surface area contributed by atoms with Crippen molar-refractivity contribution in [3.63, 3.8) is 0 Å². The molecule has 170 valence electrons. The first-order valence-corrected chi connectivity index (χ1v) is 12.7. The lowest BCUT2D eigenvalue weighted by Gasteiger charge is -2.41. The highest BCUT2D eigenvalue weighted by Gasteiger charge is 2.54. The Bertz CT molecular complexity index is 946. The summed E-state index contributed by atoms with van der Waals surface area (Å²) in [4.78, 5) is 11.7. The van der Waals surface area contributed by atoms with Crippen molar-refractivity contribution in [3.05, 3.63) is 53.5 Å². The van der Waals surface area contributed by atoms with Crippen LogP contribution >= 0.6 is 0 Å². The number of benzene rings is 1. The topological polar surface area (TPSA) is 61.3 Å². The maximum Gasteiger partial charge on any atom is 0.133 e. The summed E-state index contributed by atoms with van der Waals surface area (Å²) in [5.41, 5.74) is 3.86. The molecule has 0 radical (unpaired) electrons. The zero-order valence-corrected chi connectivity index (χ0v) is 19.0. The lowest BCUT2D eigenvalue weighted by Crippen LogP contribution is -2.42. The van der Waals surface area contributed by atoms with Crippen LogP contribution in [0, 0.1) is 23.2 Å². The van der Waals surface area contributed by atoms with Gasteiger partial charge in [-0.1, -0.05) is 49.6 Å². The van der Waals surface area contributed by atoms with Crippen molar-refractivity contribution in [2.75, 3.05) is 18.4 Å². The van der Waals surface area contributed by atoms with Gasteiger partial charge in [0.25, 0.3) is 0 Å². The van der Waals surface area contributed by atoms with Gasteiger partial charge in [0.15, 0.2) is 0 Å². The Labute approximate surface area is 191 Å². The van der Waals surface area contributed by atoms with Gasteiger partial charge < -0.3 is 10.4 Å². The number of hydrogen-bond acceptors (Lipinski definition) is 5. The largest absolute Gasteiger partial charge is 0.391 e. The summed E-state index contributed by atoms with van der Waals surface area (Å²) in [6.45, 7) is 3.45. The van der Waals surface area contributed by atoms with Gasteiger partial charge in [-0.2, -0.15) is 0 Å². The molecule has 5 nitrogen and oxygen atoms in total. The quantitative estimate of drug-likeness (QED) is 0.708. The smallest absolute Gasteiger partial charge is 0.133 e. The molecule has 1 aromatic carbocycles. The molecule has 4 unspecified atom stereocenters. The van der Waals surface area contributed by atoms with Gasteiger partial charge in [-0.25, -0.2) is 9.97 Å². The van der Waals surface area contributed by atoms with Crippen molar-refractivity contribution in [3.8, 4) is 0 Å². The summed E-state index contributed by atoms with van der Waals surface area (Å²) >= 11 is 0. The molecule has 6 rings (SSSR count). The van der Waals surface area contributed by atoms with E-state index in [-0.39, 0.29) is 11.5 Å². The van der Waals surface area contributed by atoms with E-state index >= 15 is 0 Å². The molecule has 1 aliphatic heterocycles. The second-order valence-electron chi connectivity index (χ2n) is 11.0. The van der Waals surface area contributed by atoms with E-state index in [1.807, 2.05) is 0 Å². The second kappa shape index (κ2) is 8.42. The molecule has 3 saturated carbocycles. The summed E-state index contributed by atoms with van der Waals surface area (Å²) in [6, 6.07) is 10.7. The fraction of sp³-hybridized carbons (Fsp3) is 0.630. The number of fused-ring (bicyclic) bond motifs is 3. The Balaban J connectivity index is 1.12. The Hall–Kier alpha value is -1.98. The van der Waals surface area contributed by atoms with Crippen molar-refractivity contribution in [1.82, 2.24) is 14.9 Å². The van der Waals surface area contributed by atoms with Crippen LogP contribution in [0.3, 0.4) is 0 Å². The molecule has 2 N–H and O–H groups in total. The van der Waals surface area contributed by atoms with Gasteiger partial charge in [0.05, 0.1) is 11.8 Å². The van der Waals surface area contributed by atoms with Crippen LogP contribution in [0.5, 0.6) is 0 Å².